The number of likely N-dealkylation sites (N-methyl/N-ethyl adjacent to an activating group) is 1. The van der Waals surface area contributed by atoms with Crippen molar-refractivity contribution in [3.8, 4) is 11.5 Å². The minimum atomic E-state index is -0.547. The summed E-state index contributed by atoms with van der Waals surface area (Å²) in [5.41, 5.74) is 1.20. The third-order valence-electron chi connectivity index (χ3n) is 6.20. The number of piperazine rings is 1. The fraction of sp³-hybridized carbons (Fsp3) is 0.625. The standard InChI is InChI=1S/C24H39N5O3/c1-19(2)27(4)16-21(30)18-32-22-7-6-20(14-23(22)31-5)15-28-10-12-29(13-11-28)17-24-25-8-9-26(24)3/h6-9,14,19,21,30H,10-13,15-18H2,1-5H3/t21-/m0/s1. The minimum absolute atomic E-state index is 0.241. The second kappa shape index (κ2) is 11.7. The third kappa shape index (κ3) is 6.93. The highest BCUT2D eigenvalue weighted by Crippen LogP contribution is 2.29. The number of rotatable bonds is 11. The zero-order valence-corrected chi connectivity index (χ0v) is 20.2. The molecule has 1 aliphatic rings. The predicted molar refractivity (Wildman–Crippen MR) is 126 cm³/mol. The number of methoxy groups -OCH3 is 1. The molecule has 8 nitrogen and oxygen atoms in total. The molecule has 1 fully saturated rings. The topological polar surface area (TPSA) is 66.2 Å². The van der Waals surface area contributed by atoms with Gasteiger partial charge in [0, 0.05) is 64.8 Å². The predicted octanol–water partition coefficient (Wildman–Crippen LogP) is 1.83. The molecular formula is C24H39N5O3. The molecule has 1 atom stereocenters. The molecule has 0 unspecified atom stereocenters. The van der Waals surface area contributed by atoms with Gasteiger partial charge in [-0.1, -0.05) is 6.07 Å². The molecule has 0 bridgehead atoms. The lowest BCUT2D eigenvalue weighted by atomic mass is 10.1. The first-order chi connectivity index (χ1) is 15.4. The fourth-order valence-electron chi connectivity index (χ4n) is 3.82. The van der Waals surface area contributed by atoms with Crippen LogP contribution >= 0.6 is 0 Å². The Kier molecular flexibility index (Phi) is 8.92. The summed E-state index contributed by atoms with van der Waals surface area (Å²) >= 11 is 0. The SMILES string of the molecule is COc1cc(CN2CCN(Cc3nccn3C)CC2)ccc1OC[C@@H](O)CN(C)C(C)C. The Morgan fingerprint density at radius 3 is 2.38 bits per heavy atom. The molecule has 2 aromatic rings. The molecule has 1 aliphatic heterocycles. The summed E-state index contributed by atoms with van der Waals surface area (Å²) in [7, 11) is 5.71. The molecule has 1 aromatic carbocycles. The van der Waals surface area contributed by atoms with Gasteiger partial charge in [-0.15, -0.1) is 0 Å². The van der Waals surface area contributed by atoms with Gasteiger partial charge >= 0.3 is 0 Å². The number of aliphatic hydroxyl groups is 1. The van der Waals surface area contributed by atoms with Crippen LogP contribution in [0.3, 0.4) is 0 Å². The number of aliphatic hydroxyl groups excluding tert-OH is 1. The van der Waals surface area contributed by atoms with Gasteiger partial charge in [-0.25, -0.2) is 4.98 Å². The number of hydrogen-bond acceptors (Lipinski definition) is 7. The largest absolute Gasteiger partial charge is 0.493 e. The van der Waals surface area contributed by atoms with Crippen LogP contribution in [0.25, 0.3) is 0 Å². The average molecular weight is 446 g/mol. The number of ether oxygens (including phenoxy) is 2. The van der Waals surface area contributed by atoms with Crippen LogP contribution in [0.15, 0.2) is 30.6 Å². The maximum Gasteiger partial charge on any atom is 0.161 e. The van der Waals surface area contributed by atoms with Crippen LogP contribution in [0.2, 0.25) is 0 Å². The molecule has 32 heavy (non-hydrogen) atoms. The molecule has 0 aliphatic carbocycles. The number of imidazole rings is 1. The Morgan fingerprint density at radius 1 is 1.09 bits per heavy atom. The summed E-state index contributed by atoms with van der Waals surface area (Å²) < 4.78 is 13.5. The summed E-state index contributed by atoms with van der Waals surface area (Å²) in [5.74, 6) is 2.49. The lowest BCUT2D eigenvalue weighted by Crippen LogP contribution is -2.45. The van der Waals surface area contributed by atoms with Gasteiger partial charge in [0.1, 0.15) is 18.5 Å². The summed E-state index contributed by atoms with van der Waals surface area (Å²) in [6.45, 7) is 10.9. The van der Waals surface area contributed by atoms with Crippen molar-refractivity contribution < 1.29 is 14.6 Å². The van der Waals surface area contributed by atoms with Crippen molar-refractivity contribution in [2.75, 3.05) is 53.5 Å². The van der Waals surface area contributed by atoms with Crippen molar-refractivity contribution in [3.05, 3.63) is 42.0 Å². The van der Waals surface area contributed by atoms with E-state index in [0.29, 0.717) is 24.1 Å². The van der Waals surface area contributed by atoms with Gasteiger partial charge in [0.15, 0.2) is 11.5 Å². The first-order valence-electron chi connectivity index (χ1n) is 11.4. The number of aryl methyl sites for hydroxylation is 1. The molecule has 2 heterocycles. The Bertz CT molecular complexity index is 833. The van der Waals surface area contributed by atoms with Crippen molar-refractivity contribution in [3.63, 3.8) is 0 Å². The Morgan fingerprint density at radius 2 is 1.78 bits per heavy atom. The molecule has 0 spiro atoms. The number of nitrogens with zero attached hydrogens (tertiary/aromatic N) is 5. The average Bonchev–Trinajstić information content (AvgIpc) is 3.18. The van der Waals surface area contributed by atoms with Gasteiger partial charge in [-0.2, -0.15) is 0 Å². The maximum absolute atomic E-state index is 10.3. The van der Waals surface area contributed by atoms with Crippen LogP contribution in [-0.2, 0) is 20.1 Å². The lowest BCUT2D eigenvalue weighted by molar-refractivity contribution is 0.0668. The first kappa shape index (κ1) is 24.5. The molecule has 178 valence electrons. The van der Waals surface area contributed by atoms with Crippen LogP contribution in [-0.4, -0.2) is 95.0 Å². The Hall–Kier alpha value is -2.13. The fourth-order valence-corrected chi connectivity index (χ4v) is 3.82. The molecule has 1 aromatic heterocycles. The van der Waals surface area contributed by atoms with Crippen molar-refractivity contribution in [1.29, 1.82) is 0 Å². The quantitative estimate of drug-likeness (QED) is 0.566. The Labute approximate surface area is 192 Å². The van der Waals surface area contributed by atoms with Crippen LogP contribution < -0.4 is 9.47 Å². The number of benzene rings is 1. The molecule has 0 amide bonds. The van der Waals surface area contributed by atoms with E-state index in [4.69, 9.17) is 9.47 Å². The second-order valence-electron chi connectivity index (χ2n) is 8.99. The zero-order chi connectivity index (χ0) is 23.1. The summed E-state index contributed by atoms with van der Waals surface area (Å²) in [6, 6.07) is 6.47. The van der Waals surface area contributed by atoms with Gasteiger partial charge < -0.3 is 24.0 Å². The van der Waals surface area contributed by atoms with Crippen LogP contribution in [0, 0.1) is 0 Å². The summed E-state index contributed by atoms with van der Waals surface area (Å²) in [5, 5.41) is 10.3. The third-order valence-corrected chi connectivity index (χ3v) is 6.20. The van der Waals surface area contributed by atoms with E-state index in [-0.39, 0.29) is 6.61 Å². The summed E-state index contributed by atoms with van der Waals surface area (Å²) in [4.78, 5) is 11.5. The van der Waals surface area contributed by atoms with E-state index in [0.717, 1.165) is 45.1 Å². The van der Waals surface area contributed by atoms with Gasteiger partial charge in [0.25, 0.3) is 0 Å². The monoisotopic (exact) mass is 445 g/mol. The lowest BCUT2D eigenvalue weighted by Gasteiger charge is -2.34. The number of hydrogen-bond donors (Lipinski definition) is 1. The second-order valence-corrected chi connectivity index (χ2v) is 8.99. The van der Waals surface area contributed by atoms with Crippen LogP contribution in [0.5, 0.6) is 11.5 Å². The minimum Gasteiger partial charge on any atom is -0.493 e. The molecule has 8 heteroatoms. The molecule has 1 saturated heterocycles. The molecular weight excluding hydrogens is 406 g/mol. The van der Waals surface area contributed by atoms with Crippen molar-refractivity contribution in [2.24, 2.45) is 7.05 Å². The highest BCUT2D eigenvalue weighted by atomic mass is 16.5. The zero-order valence-electron chi connectivity index (χ0n) is 20.2. The highest BCUT2D eigenvalue weighted by Gasteiger charge is 2.19. The van der Waals surface area contributed by atoms with E-state index in [9.17, 15) is 5.11 Å². The van der Waals surface area contributed by atoms with E-state index in [2.05, 4.69) is 44.2 Å². The maximum atomic E-state index is 10.3. The summed E-state index contributed by atoms with van der Waals surface area (Å²) in [6.07, 6.45) is 3.31. The van der Waals surface area contributed by atoms with E-state index in [1.165, 1.54) is 5.56 Å². The molecule has 1 N–H and O–H groups in total. The van der Waals surface area contributed by atoms with Crippen molar-refractivity contribution in [2.45, 2.75) is 39.1 Å². The normalized spacial score (nSPS) is 16.6. The van der Waals surface area contributed by atoms with Crippen LogP contribution in [0.1, 0.15) is 25.2 Å². The van der Waals surface area contributed by atoms with E-state index in [1.54, 1.807) is 7.11 Å². The molecule has 0 saturated carbocycles. The smallest absolute Gasteiger partial charge is 0.161 e. The van der Waals surface area contributed by atoms with E-state index in [1.807, 2.05) is 38.6 Å². The first-order valence-corrected chi connectivity index (χ1v) is 11.4. The van der Waals surface area contributed by atoms with Crippen LogP contribution in [0.4, 0.5) is 0 Å². The van der Waals surface area contributed by atoms with Gasteiger partial charge in [0.05, 0.1) is 13.7 Å². The molecule has 3 rings (SSSR count). The molecule has 0 radical (unpaired) electrons. The number of aromatic nitrogens is 2. The Balaban J connectivity index is 1.48. The van der Waals surface area contributed by atoms with Gasteiger partial charge in [0.2, 0.25) is 0 Å². The van der Waals surface area contributed by atoms with Gasteiger partial charge in [-0.3, -0.25) is 9.80 Å². The highest BCUT2D eigenvalue weighted by molar-refractivity contribution is 5.43. The van der Waals surface area contributed by atoms with Crippen molar-refractivity contribution >= 4 is 0 Å². The van der Waals surface area contributed by atoms with E-state index >= 15 is 0 Å². The van der Waals surface area contributed by atoms with E-state index < -0.39 is 6.10 Å². The van der Waals surface area contributed by atoms with Crippen molar-refractivity contribution in [1.82, 2.24) is 24.3 Å². The van der Waals surface area contributed by atoms with Gasteiger partial charge in [-0.05, 0) is 38.6 Å².